The first-order valence-electron chi connectivity index (χ1n) is 9.01. The largest absolute Gasteiger partial charge is 0.338 e. The average molecular weight is 333 g/mol. The van der Waals surface area contributed by atoms with Gasteiger partial charge < -0.3 is 4.90 Å². The maximum atomic E-state index is 13.2. The van der Waals surface area contributed by atoms with Crippen molar-refractivity contribution in [1.29, 1.82) is 0 Å². The molecule has 0 aromatic heterocycles. The van der Waals surface area contributed by atoms with Gasteiger partial charge in [0.05, 0.1) is 0 Å². The Morgan fingerprint density at radius 2 is 1.67 bits per heavy atom. The molecule has 1 atom stereocenters. The minimum absolute atomic E-state index is 0.123. The second-order valence-corrected chi connectivity index (χ2v) is 7.22. The molecule has 1 aromatic rings. The highest BCUT2D eigenvalue weighted by Gasteiger charge is 2.32. The maximum absolute atomic E-state index is 13.2. The highest BCUT2D eigenvalue weighted by Crippen LogP contribution is 2.26. The van der Waals surface area contributed by atoms with Crippen molar-refractivity contribution in [3.05, 3.63) is 35.6 Å². The van der Waals surface area contributed by atoms with E-state index in [9.17, 15) is 9.18 Å². The molecule has 132 valence electrons. The van der Waals surface area contributed by atoms with Gasteiger partial charge in [-0.2, -0.15) is 0 Å². The van der Waals surface area contributed by atoms with Crippen LogP contribution in [0.15, 0.2) is 24.3 Å². The van der Waals surface area contributed by atoms with E-state index in [0.717, 1.165) is 37.8 Å². The van der Waals surface area contributed by atoms with E-state index in [1.165, 1.54) is 37.8 Å². The summed E-state index contributed by atoms with van der Waals surface area (Å²) in [6, 6.07) is 6.67. The molecule has 1 saturated carbocycles. The van der Waals surface area contributed by atoms with Crippen LogP contribution in [0, 0.1) is 5.82 Å². The lowest BCUT2D eigenvalue weighted by atomic mass is 10.0. The van der Waals surface area contributed by atoms with Crippen molar-refractivity contribution in [1.82, 2.24) is 14.7 Å². The SMILES string of the molecule is CN(C)[C@H](C(=O)N1CCN(C2CCCC2)CC1)c1ccc(F)cc1. The molecule has 0 bridgehead atoms. The molecule has 2 aliphatic rings. The Hall–Kier alpha value is -1.46. The zero-order valence-electron chi connectivity index (χ0n) is 14.7. The van der Waals surface area contributed by atoms with Crippen LogP contribution in [0.2, 0.25) is 0 Å². The fourth-order valence-corrected chi connectivity index (χ4v) is 4.06. The monoisotopic (exact) mass is 333 g/mol. The van der Waals surface area contributed by atoms with Gasteiger partial charge in [0.1, 0.15) is 11.9 Å². The molecular weight excluding hydrogens is 305 g/mol. The number of nitrogens with zero attached hydrogens (tertiary/aromatic N) is 3. The third kappa shape index (κ3) is 3.78. The molecule has 1 aliphatic carbocycles. The Kier molecular flexibility index (Phi) is 5.51. The number of benzene rings is 1. The van der Waals surface area contributed by atoms with Gasteiger partial charge in [-0.1, -0.05) is 25.0 Å². The van der Waals surface area contributed by atoms with Gasteiger partial charge in [-0.3, -0.25) is 14.6 Å². The van der Waals surface area contributed by atoms with Crippen molar-refractivity contribution in [2.45, 2.75) is 37.8 Å². The van der Waals surface area contributed by atoms with Crippen molar-refractivity contribution in [3.8, 4) is 0 Å². The molecule has 1 amide bonds. The molecular formula is C19H28FN3O. The highest BCUT2D eigenvalue weighted by atomic mass is 19.1. The van der Waals surface area contributed by atoms with Crippen LogP contribution in [0.5, 0.6) is 0 Å². The van der Waals surface area contributed by atoms with E-state index in [1.54, 1.807) is 12.1 Å². The number of carbonyl (C=O) groups is 1. The Morgan fingerprint density at radius 3 is 2.21 bits per heavy atom. The van der Waals surface area contributed by atoms with Gasteiger partial charge in [-0.15, -0.1) is 0 Å². The van der Waals surface area contributed by atoms with Crippen LogP contribution >= 0.6 is 0 Å². The lowest BCUT2D eigenvalue weighted by Gasteiger charge is -2.40. The molecule has 0 N–H and O–H groups in total. The third-order valence-corrected chi connectivity index (χ3v) is 5.40. The molecule has 4 nitrogen and oxygen atoms in total. The molecule has 0 spiro atoms. The third-order valence-electron chi connectivity index (χ3n) is 5.40. The van der Waals surface area contributed by atoms with E-state index < -0.39 is 0 Å². The van der Waals surface area contributed by atoms with Crippen molar-refractivity contribution in [2.75, 3.05) is 40.3 Å². The second kappa shape index (κ2) is 7.62. The van der Waals surface area contributed by atoms with Gasteiger partial charge in [0.15, 0.2) is 0 Å². The number of halogens is 1. The summed E-state index contributed by atoms with van der Waals surface area (Å²) in [5, 5.41) is 0. The molecule has 1 aliphatic heterocycles. The number of hydrogen-bond donors (Lipinski definition) is 0. The number of hydrogen-bond acceptors (Lipinski definition) is 3. The average Bonchev–Trinajstić information content (AvgIpc) is 3.11. The summed E-state index contributed by atoms with van der Waals surface area (Å²) < 4.78 is 13.2. The van der Waals surface area contributed by atoms with Crippen molar-refractivity contribution in [2.24, 2.45) is 0 Å². The smallest absolute Gasteiger partial charge is 0.244 e. The van der Waals surface area contributed by atoms with Crippen LogP contribution in [-0.2, 0) is 4.79 Å². The molecule has 5 heteroatoms. The number of likely N-dealkylation sites (N-methyl/N-ethyl adjacent to an activating group) is 1. The quantitative estimate of drug-likeness (QED) is 0.847. The predicted molar refractivity (Wildman–Crippen MR) is 93.2 cm³/mol. The molecule has 24 heavy (non-hydrogen) atoms. The van der Waals surface area contributed by atoms with Crippen molar-refractivity contribution < 1.29 is 9.18 Å². The lowest BCUT2D eigenvalue weighted by molar-refractivity contribution is -0.138. The summed E-state index contributed by atoms with van der Waals surface area (Å²) in [5.74, 6) is -0.147. The second-order valence-electron chi connectivity index (χ2n) is 7.22. The minimum atomic E-state index is -0.344. The number of rotatable bonds is 4. The zero-order chi connectivity index (χ0) is 17.1. The van der Waals surface area contributed by atoms with Gasteiger partial charge in [0.2, 0.25) is 5.91 Å². The van der Waals surface area contributed by atoms with Gasteiger partial charge in [0.25, 0.3) is 0 Å². The zero-order valence-corrected chi connectivity index (χ0v) is 14.7. The first-order chi connectivity index (χ1) is 11.6. The van der Waals surface area contributed by atoms with Gasteiger partial charge in [-0.05, 0) is 44.6 Å². The molecule has 3 rings (SSSR count). The normalized spacial score (nSPS) is 21.4. The molecule has 1 heterocycles. The first kappa shape index (κ1) is 17.4. The summed E-state index contributed by atoms with van der Waals surface area (Å²) in [6.45, 7) is 3.53. The lowest BCUT2D eigenvalue weighted by Crippen LogP contribution is -2.53. The van der Waals surface area contributed by atoms with Crippen LogP contribution in [0.25, 0.3) is 0 Å². The van der Waals surface area contributed by atoms with Gasteiger partial charge in [-0.25, -0.2) is 4.39 Å². The topological polar surface area (TPSA) is 26.8 Å². The molecule has 0 unspecified atom stereocenters. The van der Waals surface area contributed by atoms with E-state index in [1.807, 2.05) is 23.9 Å². The molecule has 1 saturated heterocycles. The maximum Gasteiger partial charge on any atom is 0.244 e. The fraction of sp³-hybridized carbons (Fsp3) is 0.632. The summed E-state index contributed by atoms with van der Waals surface area (Å²) in [5.41, 5.74) is 0.852. The Bertz CT molecular complexity index is 546. The van der Waals surface area contributed by atoms with Crippen LogP contribution in [0.1, 0.15) is 37.3 Å². The Labute approximate surface area is 144 Å². The number of amides is 1. The van der Waals surface area contributed by atoms with Crippen LogP contribution < -0.4 is 0 Å². The summed E-state index contributed by atoms with van der Waals surface area (Å²) in [6.07, 6.45) is 5.31. The van der Waals surface area contributed by atoms with Crippen LogP contribution in [0.3, 0.4) is 0 Å². The van der Waals surface area contributed by atoms with E-state index in [-0.39, 0.29) is 17.8 Å². The summed E-state index contributed by atoms with van der Waals surface area (Å²) in [7, 11) is 3.81. The van der Waals surface area contributed by atoms with Gasteiger partial charge >= 0.3 is 0 Å². The Morgan fingerprint density at radius 1 is 1.08 bits per heavy atom. The standard InChI is InChI=1S/C19H28FN3O/c1-21(2)18(15-7-9-16(20)10-8-15)19(24)23-13-11-22(12-14-23)17-5-3-4-6-17/h7-10,17-18H,3-6,11-14H2,1-2H3/t18-/m0/s1. The van der Waals surface area contributed by atoms with E-state index >= 15 is 0 Å². The van der Waals surface area contributed by atoms with E-state index in [4.69, 9.17) is 0 Å². The highest BCUT2D eigenvalue weighted by molar-refractivity contribution is 5.83. The molecule has 0 radical (unpaired) electrons. The van der Waals surface area contributed by atoms with E-state index in [2.05, 4.69) is 4.90 Å². The van der Waals surface area contributed by atoms with E-state index in [0.29, 0.717) is 0 Å². The fourth-order valence-electron chi connectivity index (χ4n) is 4.06. The molecule has 1 aromatic carbocycles. The molecule has 2 fully saturated rings. The summed E-state index contributed by atoms with van der Waals surface area (Å²) >= 11 is 0. The van der Waals surface area contributed by atoms with Crippen LogP contribution in [-0.4, -0.2) is 66.9 Å². The van der Waals surface area contributed by atoms with Gasteiger partial charge in [0, 0.05) is 32.2 Å². The predicted octanol–water partition coefficient (Wildman–Crippen LogP) is 2.52. The Balaban J connectivity index is 1.64. The minimum Gasteiger partial charge on any atom is -0.338 e. The number of carbonyl (C=O) groups excluding carboxylic acids is 1. The summed E-state index contributed by atoms with van der Waals surface area (Å²) in [4.78, 5) is 19.5. The van der Waals surface area contributed by atoms with Crippen LogP contribution in [0.4, 0.5) is 4.39 Å². The van der Waals surface area contributed by atoms with Crippen molar-refractivity contribution in [3.63, 3.8) is 0 Å². The first-order valence-corrected chi connectivity index (χ1v) is 9.01. The van der Waals surface area contributed by atoms with Crippen molar-refractivity contribution >= 4 is 5.91 Å². The number of piperazine rings is 1.